The van der Waals surface area contributed by atoms with Crippen LogP contribution in [0.5, 0.6) is 0 Å². The van der Waals surface area contributed by atoms with Gasteiger partial charge in [0.25, 0.3) is 0 Å². The lowest BCUT2D eigenvalue weighted by molar-refractivity contribution is 0.251. The number of amides is 2. The highest BCUT2D eigenvalue weighted by atomic mass is 35.5. The maximum atomic E-state index is 12.3. The first-order valence-corrected chi connectivity index (χ1v) is 8.46. The topological polar surface area (TPSA) is 41.1 Å². The van der Waals surface area contributed by atoms with Crippen molar-refractivity contribution in [3.05, 3.63) is 63.7 Å². The van der Waals surface area contributed by atoms with Gasteiger partial charge in [-0.05, 0) is 53.6 Å². The van der Waals surface area contributed by atoms with Gasteiger partial charge in [-0.3, -0.25) is 0 Å². The molecule has 0 saturated heterocycles. The summed E-state index contributed by atoms with van der Waals surface area (Å²) in [6.45, 7) is 10.9. The number of nitrogens with one attached hydrogen (secondary N) is 2. The van der Waals surface area contributed by atoms with Gasteiger partial charge >= 0.3 is 6.03 Å². The minimum absolute atomic E-state index is 0.0403. The van der Waals surface area contributed by atoms with Gasteiger partial charge < -0.3 is 10.6 Å². The van der Waals surface area contributed by atoms with Crippen LogP contribution in [-0.4, -0.2) is 6.03 Å². The molecule has 2 aromatic rings. The first kappa shape index (κ1) is 18.3. The molecule has 0 bridgehead atoms. The van der Waals surface area contributed by atoms with E-state index in [1.54, 1.807) is 0 Å². The van der Waals surface area contributed by atoms with Crippen molar-refractivity contribution in [1.29, 1.82) is 0 Å². The molecule has 0 aromatic heterocycles. The number of hydrogen-bond acceptors (Lipinski definition) is 1. The summed E-state index contributed by atoms with van der Waals surface area (Å²) in [6.07, 6.45) is 0. The second-order valence-electron chi connectivity index (χ2n) is 7.13. The second-order valence-corrected chi connectivity index (χ2v) is 7.56. The van der Waals surface area contributed by atoms with Crippen molar-refractivity contribution in [2.24, 2.45) is 0 Å². The molecule has 0 fully saturated rings. The number of rotatable bonds is 3. The Morgan fingerprint density at radius 2 is 1.79 bits per heavy atom. The van der Waals surface area contributed by atoms with E-state index in [9.17, 15) is 4.79 Å². The lowest BCUT2D eigenvalue weighted by atomic mass is 9.84. The Hall–Kier alpha value is -2.00. The molecule has 2 N–H and O–H groups in total. The van der Waals surface area contributed by atoms with Gasteiger partial charge in [0.1, 0.15) is 0 Å². The fourth-order valence-electron chi connectivity index (χ4n) is 2.65. The first-order valence-electron chi connectivity index (χ1n) is 8.08. The Kier molecular flexibility index (Phi) is 5.55. The SMILES string of the molecule is Cc1cc(Cl)ccc1CNC(=O)Nc1c(C)cccc1C(C)(C)C. The van der Waals surface area contributed by atoms with E-state index in [0.717, 1.165) is 27.9 Å². The van der Waals surface area contributed by atoms with E-state index in [4.69, 9.17) is 11.6 Å². The Balaban J connectivity index is 2.10. The third-order valence-electron chi connectivity index (χ3n) is 4.06. The molecule has 2 rings (SSSR count). The Labute approximate surface area is 149 Å². The highest BCUT2D eigenvalue weighted by Gasteiger charge is 2.20. The number of para-hydroxylation sites is 1. The Bertz CT molecular complexity index is 748. The maximum absolute atomic E-state index is 12.3. The van der Waals surface area contributed by atoms with Crippen LogP contribution in [0.2, 0.25) is 5.02 Å². The highest BCUT2D eigenvalue weighted by Crippen LogP contribution is 2.31. The molecule has 0 atom stereocenters. The van der Waals surface area contributed by atoms with Gasteiger partial charge in [0.2, 0.25) is 0 Å². The van der Waals surface area contributed by atoms with E-state index < -0.39 is 0 Å². The molecule has 0 spiro atoms. The van der Waals surface area contributed by atoms with Crippen LogP contribution in [0.4, 0.5) is 10.5 Å². The third kappa shape index (κ3) is 4.51. The van der Waals surface area contributed by atoms with Crippen LogP contribution < -0.4 is 10.6 Å². The average Bonchev–Trinajstić information content (AvgIpc) is 2.47. The van der Waals surface area contributed by atoms with E-state index in [1.807, 2.05) is 44.2 Å². The van der Waals surface area contributed by atoms with Crippen LogP contribution in [0.25, 0.3) is 0 Å². The number of hydrogen-bond donors (Lipinski definition) is 2. The maximum Gasteiger partial charge on any atom is 0.319 e. The standard InChI is InChI=1S/C20H25ClN2O/c1-13-7-6-8-17(20(3,4)5)18(13)23-19(24)22-12-15-9-10-16(21)11-14(15)2/h6-11H,12H2,1-5H3,(H2,22,23,24). The summed E-state index contributed by atoms with van der Waals surface area (Å²) >= 11 is 5.96. The summed E-state index contributed by atoms with van der Waals surface area (Å²) in [5.41, 5.74) is 5.14. The van der Waals surface area contributed by atoms with Gasteiger partial charge in [0.05, 0.1) is 0 Å². The quantitative estimate of drug-likeness (QED) is 0.750. The number of aryl methyl sites for hydroxylation is 2. The zero-order valence-electron chi connectivity index (χ0n) is 15.0. The number of halogens is 1. The summed E-state index contributed by atoms with van der Waals surface area (Å²) in [5, 5.41) is 6.63. The zero-order valence-corrected chi connectivity index (χ0v) is 15.7. The monoisotopic (exact) mass is 344 g/mol. The van der Waals surface area contributed by atoms with Crippen molar-refractivity contribution in [3.63, 3.8) is 0 Å². The number of benzene rings is 2. The fourth-order valence-corrected chi connectivity index (χ4v) is 2.88. The second kappa shape index (κ2) is 7.27. The van der Waals surface area contributed by atoms with Gasteiger partial charge in [0, 0.05) is 17.3 Å². The van der Waals surface area contributed by atoms with E-state index in [1.165, 1.54) is 0 Å². The summed E-state index contributed by atoms with van der Waals surface area (Å²) in [5.74, 6) is 0. The minimum atomic E-state index is -0.204. The van der Waals surface area contributed by atoms with Crippen molar-refractivity contribution < 1.29 is 4.79 Å². The molecule has 4 heteroatoms. The lowest BCUT2D eigenvalue weighted by Gasteiger charge is -2.24. The molecule has 2 aromatic carbocycles. The molecule has 0 saturated carbocycles. The molecule has 0 aliphatic rings. The normalized spacial score (nSPS) is 11.2. The van der Waals surface area contributed by atoms with Gasteiger partial charge in [-0.2, -0.15) is 0 Å². The predicted molar refractivity (Wildman–Crippen MR) is 102 cm³/mol. The summed E-state index contributed by atoms with van der Waals surface area (Å²) in [4.78, 5) is 12.3. The van der Waals surface area contributed by atoms with Gasteiger partial charge in [-0.1, -0.05) is 56.6 Å². The van der Waals surface area contributed by atoms with Crippen LogP contribution in [0, 0.1) is 13.8 Å². The van der Waals surface area contributed by atoms with Crippen LogP contribution >= 0.6 is 11.6 Å². The smallest absolute Gasteiger partial charge is 0.319 e. The first-order chi connectivity index (χ1) is 11.2. The molecule has 24 heavy (non-hydrogen) atoms. The van der Waals surface area contributed by atoms with Crippen LogP contribution in [0.15, 0.2) is 36.4 Å². The molecule has 3 nitrogen and oxygen atoms in total. The number of urea groups is 1. The van der Waals surface area contributed by atoms with E-state index in [0.29, 0.717) is 11.6 Å². The third-order valence-corrected chi connectivity index (χ3v) is 4.30. The molecular formula is C20H25ClN2O. The Morgan fingerprint density at radius 3 is 2.42 bits per heavy atom. The van der Waals surface area contributed by atoms with E-state index in [2.05, 4.69) is 37.5 Å². The fraction of sp³-hybridized carbons (Fsp3) is 0.350. The number of anilines is 1. The lowest BCUT2D eigenvalue weighted by Crippen LogP contribution is -2.30. The molecule has 0 unspecified atom stereocenters. The molecule has 0 radical (unpaired) electrons. The molecule has 2 amide bonds. The molecular weight excluding hydrogens is 320 g/mol. The zero-order chi connectivity index (χ0) is 17.9. The van der Waals surface area contributed by atoms with Crippen molar-refractivity contribution in [2.75, 3.05) is 5.32 Å². The van der Waals surface area contributed by atoms with Crippen LogP contribution in [0.1, 0.15) is 43.0 Å². The summed E-state index contributed by atoms with van der Waals surface area (Å²) in [7, 11) is 0. The molecule has 0 aliphatic carbocycles. The predicted octanol–water partition coefficient (Wildman–Crippen LogP) is 5.58. The largest absolute Gasteiger partial charge is 0.334 e. The van der Waals surface area contributed by atoms with Gasteiger partial charge in [-0.25, -0.2) is 4.79 Å². The van der Waals surface area contributed by atoms with Crippen LogP contribution in [0.3, 0.4) is 0 Å². The summed E-state index contributed by atoms with van der Waals surface area (Å²) < 4.78 is 0. The molecule has 128 valence electrons. The molecule has 0 heterocycles. The molecule has 0 aliphatic heterocycles. The van der Waals surface area contributed by atoms with E-state index in [-0.39, 0.29) is 11.4 Å². The van der Waals surface area contributed by atoms with Crippen LogP contribution in [-0.2, 0) is 12.0 Å². The van der Waals surface area contributed by atoms with E-state index >= 15 is 0 Å². The van der Waals surface area contributed by atoms with Crippen molar-refractivity contribution in [3.8, 4) is 0 Å². The highest BCUT2D eigenvalue weighted by molar-refractivity contribution is 6.30. The van der Waals surface area contributed by atoms with Crippen molar-refractivity contribution >= 4 is 23.3 Å². The van der Waals surface area contributed by atoms with Crippen molar-refractivity contribution in [1.82, 2.24) is 5.32 Å². The van der Waals surface area contributed by atoms with Gasteiger partial charge in [0.15, 0.2) is 0 Å². The minimum Gasteiger partial charge on any atom is -0.334 e. The Morgan fingerprint density at radius 1 is 1.08 bits per heavy atom. The number of carbonyl (C=O) groups is 1. The number of carbonyl (C=O) groups excluding carboxylic acids is 1. The van der Waals surface area contributed by atoms with Gasteiger partial charge in [-0.15, -0.1) is 0 Å². The average molecular weight is 345 g/mol. The van der Waals surface area contributed by atoms with Crippen molar-refractivity contribution in [2.45, 2.75) is 46.6 Å². The summed E-state index contributed by atoms with van der Waals surface area (Å²) in [6, 6.07) is 11.6.